The fourth-order valence-corrected chi connectivity index (χ4v) is 2.83. The van der Waals surface area contributed by atoms with Gasteiger partial charge in [0.05, 0.1) is 5.60 Å². The lowest BCUT2D eigenvalue weighted by atomic mass is 9.89. The number of ether oxygens (including phenoxy) is 1. The average Bonchev–Trinajstić information content (AvgIpc) is 2.44. The number of hydrogen-bond donors (Lipinski definition) is 1. The first-order chi connectivity index (χ1) is 9.17. The molecule has 4 nitrogen and oxygen atoms in total. The van der Waals surface area contributed by atoms with Crippen LogP contribution in [0.15, 0.2) is 24.3 Å². The van der Waals surface area contributed by atoms with Gasteiger partial charge in [0, 0.05) is 25.3 Å². The zero-order chi connectivity index (χ0) is 13.3. The second kappa shape index (κ2) is 4.85. The molecular formula is C15H20N2O2. The first-order valence-corrected chi connectivity index (χ1v) is 6.89. The third-order valence-corrected chi connectivity index (χ3v) is 4.19. The zero-order valence-corrected chi connectivity index (χ0v) is 11.3. The van der Waals surface area contributed by atoms with Crippen molar-refractivity contribution in [2.45, 2.75) is 25.4 Å². The van der Waals surface area contributed by atoms with Gasteiger partial charge in [-0.25, -0.2) is 0 Å². The molecule has 2 aliphatic heterocycles. The molecule has 0 bridgehead atoms. The standard InChI is InChI=1S/C15H20N2O2/c1-12-2-4-13(5-3-12)17-8-6-15(7-9-17)11-16-14(18)10-19-15/h2-5H,6-11H2,1H3,(H,16,18). The van der Waals surface area contributed by atoms with Crippen LogP contribution >= 0.6 is 0 Å². The van der Waals surface area contributed by atoms with Crippen LogP contribution in [0.2, 0.25) is 0 Å². The summed E-state index contributed by atoms with van der Waals surface area (Å²) in [5.41, 5.74) is 2.44. The predicted molar refractivity (Wildman–Crippen MR) is 74.3 cm³/mol. The Kier molecular flexibility index (Phi) is 3.19. The number of rotatable bonds is 1. The zero-order valence-electron chi connectivity index (χ0n) is 11.3. The smallest absolute Gasteiger partial charge is 0.246 e. The summed E-state index contributed by atoms with van der Waals surface area (Å²) in [6.45, 7) is 4.95. The van der Waals surface area contributed by atoms with E-state index in [0.717, 1.165) is 25.9 Å². The number of amides is 1. The van der Waals surface area contributed by atoms with Crippen LogP contribution in [-0.4, -0.2) is 37.7 Å². The Morgan fingerprint density at radius 2 is 1.89 bits per heavy atom. The number of nitrogens with zero attached hydrogens (tertiary/aromatic N) is 1. The van der Waals surface area contributed by atoms with Crippen LogP contribution in [0.3, 0.4) is 0 Å². The summed E-state index contributed by atoms with van der Waals surface area (Å²) in [6.07, 6.45) is 1.95. The highest BCUT2D eigenvalue weighted by Crippen LogP contribution is 2.30. The van der Waals surface area contributed by atoms with Gasteiger partial charge in [-0.3, -0.25) is 4.79 Å². The van der Waals surface area contributed by atoms with Crippen molar-refractivity contribution in [1.82, 2.24) is 5.32 Å². The minimum Gasteiger partial charge on any atom is -0.371 e. The summed E-state index contributed by atoms with van der Waals surface area (Å²) in [5.74, 6) is 0.00610. The van der Waals surface area contributed by atoms with E-state index < -0.39 is 0 Å². The van der Waals surface area contributed by atoms with Crippen molar-refractivity contribution in [2.24, 2.45) is 0 Å². The maximum atomic E-state index is 11.2. The fourth-order valence-electron chi connectivity index (χ4n) is 2.83. The largest absolute Gasteiger partial charge is 0.371 e. The number of piperidine rings is 1. The monoisotopic (exact) mass is 260 g/mol. The Balaban J connectivity index is 1.63. The van der Waals surface area contributed by atoms with E-state index in [4.69, 9.17) is 4.74 Å². The minimum absolute atomic E-state index is 0.00610. The highest BCUT2D eigenvalue weighted by Gasteiger charge is 2.38. The summed E-state index contributed by atoms with van der Waals surface area (Å²) in [4.78, 5) is 13.6. The van der Waals surface area contributed by atoms with Crippen LogP contribution < -0.4 is 10.2 Å². The predicted octanol–water partition coefficient (Wildman–Crippen LogP) is 1.48. The van der Waals surface area contributed by atoms with Gasteiger partial charge in [-0.15, -0.1) is 0 Å². The van der Waals surface area contributed by atoms with Gasteiger partial charge in [0.1, 0.15) is 6.61 Å². The molecular weight excluding hydrogens is 240 g/mol. The van der Waals surface area contributed by atoms with E-state index in [2.05, 4.69) is 41.4 Å². The molecule has 0 aliphatic carbocycles. The maximum absolute atomic E-state index is 11.2. The number of morpholine rings is 1. The van der Waals surface area contributed by atoms with Gasteiger partial charge in [0.15, 0.2) is 0 Å². The average molecular weight is 260 g/mol. The molecule has 1 N–H and O–H groups in total. The van der Waals surface area contributed by atoms with Gasteiger partial charge in [-0.2, -0.15) is 0 Å². The second-order valence-electron chi connectivity index (χ2n) is 5.57. The van der Waals surface area contributed by atoms with Crippen molar-refractivity contribution in [2.75, 3.05) is 31.1 Å². The summed E-state index contributed by atoms with van der Waals surface area (Å²) >= 11 is 0. The van der Waals surface area contributed by atoms with E-state index in [1.54, 1.807) is 0 Å². The van der Waals surface area contributed by atoms with Gasteiger partial charge < -0.3 is 15.0 Å². The first-order valence-electron chi connectivity index (χ1n) is 6.89. The molecule has 1 amide bonds. The van der Waals surface area contributed by atoms with Crippen molar-refractivity contribution in [1.29, 1.82) is 0 Å². The molecule has 0 radical (unpaired) electrons. The highest BCUT2D eigenvalue weighted by molar-refractivity contribution is 5.78. The number of carbonyl (C=O) groups is 1. The maximum Gasteiger partial charge on any atom is 0.246 e. The van der Waals surface area contributed by atoms with E-state index in [-0.39, 0.29) is 18.1 Å². The Labute approximate surface area is 113 Å². The third kappa shape index (κ3) is 2.59. The van der Waals surface area contributed by atoms with E-state index in [1.165, 1.54) is 11.3 Å². The van der Waals surface area contributed by atoms with Gasteiger partial charge in [0.2, 0.25) is 5.91 Å². The molecule has 3 rings (SSSR count). The van der Waals surface area contributed by atoms with Crippen molar-refractivity contribution in [3.05, 3.63) is 29.8 Å². The Hall–Kier alpha value is -1.55. The van der Waals surface area contributed by atoms with Crippen LogP contribution in [0.1, 0.15) is 18.4 Å². The second-order valence-corrected chi connectivity index (χ2v) is 5.57. The highest BCUT2D eigenvalue weighted by atomic mass is 16.5. The van der Waals surface area contributed by atoms with Gasteiger partial charge in [-0.1, -0.05) is 17.7 Å². The van der Waals surface area contributed by atoms with Gasteiger partial charge >= 0.3 is 0 Å². The Bertz CT molecular complexity index is 450. The van der Waals surface area contributed by atoms with Crippen LogP contribution in [0, 0.1) is 6.92 Å². The van der Waals surface area contributed by atoms with E-state index in [0.29, 0.717) is 6.54 Å². The van der Waals surface area contributed by atoms with Gasteiger partial charge in [-0.05, 0) is 31.9 Å². The van der Waals surface area contributed by atoms with Crippen LogP contribution in [0.4, 0.5) is 5.69 Å². The first kappa shape index (κ1) is 12.5. The molecule has 1 spiro atoms. The topological polar surface area (TPSA) is 41.6 Å². The Morgan fingerprint density at radius 1 is 1.21 bits per heavy atom. The number of nitrogens with one attached hydrogen (secondary N) is 1. The summed E-state index contributed by atoms with van der Waals surface area (Å²) < 4.78 is 5.78. The molecule has 2 fully saturated rings. The SMILES string of the molecule is Cc1ccc(N2CCC3(CC2)CNC(=O)CO3)cc1. The van der Waals surface area contributed by atoms with E-state index in [9.17, 15) is 4.79 Å². The number of aryl methyl sites for hydroxylation is 1. The molecule has 0 atom stereocenters. The molecule has 102 valence electrons. The van der Waals surface area contributed by atoms with Crippen molar-refractivity contribution >= 4 is 11.6 Å². The molecule has 4 heteroatoms. The van der Waals surface area contributed by atoms with Crippen molar-refractivity contribution in [3.8, 4) is 0 Å². The molecule has 0 aromatic heterocycles. The summed E-state index contributed by atoms with van der Waals surface area (Å²) in [6, 6.07) is 8.65. The van der Waals surface area contributed by atoms with Crippen LogP contribution in [0.5, 0.6) is 0 Å². The van der Waals surface area contributed by atoms with E-state index >= 15 is 0 Å². The van der Waals surface area contributed by atoms with Crippen LogP contribution in [0.25, 0.3) is 0 Å². The van der Waals surface area contributed by atoms with Crippen LogP contribution in [-0.2, 0) is 9.53 Å². The molecule has 1 aromatic rings. The summed E-state index contributed by atoms with van der Waals surface area (Å²) in [7, 11) is 0. The lowest BCUT2D eigenvalue weighted by Gasteiger charge is -2.44. The van der Waals surface area contributed by atoms with Crippen molar-refractivity contribution < 1.29 is 9.53 Å². The minimum atomic E-state index is -0.130. The van der Waals surface area contributed by atoms with E-state index in [1.807, 2.05) is 0 Å². The lowest BCUT2D eigenvalue weighted by molar-refractivity contribution is -0.146. The summed E-state index contributed by atoms with van der Waals surface area (Å²) in [5, 5.41) is 2.92. The molecule has 2 saturated heterocycles. The molecule has 0 unspecified atom stereocenters. The number of benzene rings is 1. The quantitative estimate of drug-likeness (QED) is 0.831. The molecule has 2 heterocycles. The van der Waals surface area contributed by atoms with Crippen molar-refractivity contribution in [3.63, 3.8) is 0 Å². The normalized spacial score (nSPS) is 22.4. The fraction of sp³-hybridized carbons (Fsp3) is 0.533. The molecule has 19 heavy (non-hydrogen) atoms. The molecule has 2 aliphatic rings. The Morgan fingerprint density at radius 3 is 2.47 bits per heavy atom. The molecule has 1 aromatic carbocycles. The number of carbonyl (C=O) groups excluding carboxylic acids is 1. The van der Waals surface area contributed by atoms with Gasteiger partial charge in [0.25, 0.3) is 0 Å². The number of hydrogen-bond acceptors (Lipinski definition) is 3. The number of anilines is 1. The molecule has 0 saturated carbocycles. The lowest BCUT2D eigenvalue weighted by Crippen LogP contribution is -2.57. The third-order valence-electron chi connectivity index (χ3n) is 4.19.